The first kappa shape index (κ1) is 22.6. The molecule has 9 heteroatoms. The first-order valence-electron chi connectivity index (χ1n) is 9.90. The summed E-state index contributed by atoms with van der Waals surface area (Å²) in [5, 5.41) is 14.6. The summed E-state index contributed by atoms with van der Waals surface area (Å²) in [5.74, 6) is 0.439. The highest BCUT2D eigenvalue weighted by molar-refractivity contribution is 8.18. The van der Waals surface area contributed by atoms with Gasteiger partial charge < -0.3 is 10.1 Å². The topological polar surface area (TPSA) is 93.8 Å². The quantitative estimate of drug-likeness (QED) is 0.265. The maximum absolute atomic E-state index is 12.3. The number of benzene rings is 3. The van der Waals surface area contributed by atoms with Crippen LogP contribution >= 0.6 is 23.4 Å². The SMILES string of the molecule is Cc1c(Cl)cccc1N=C1NC(=O)/C(=C/c2ccc(OCc3ccc([N+](=O)[O-])cc3)cc2)S1. The molecule has 33 heavy (non-hydrogen) atoms. The molecule has 0 aliphatic carbocycles. The molecular formula is C24H18ClN3O4S. The first-order chi connectivity index (χ1) is 15.9. The Balaban J connectivity index is 1.40. The number of amidine groups is 1. The number of hydrogen-bond acceptors (Lipinski definition) is 6. The minimum atomic E-state index is -0.437. The number of non-ortho nitro benzene ring substituents is 1. The van der Waals surface area contributed by atoms with Crippen molar-refractivity contribution in [2.45, 2.75) is 13.5 Å². The number of nitro benzene ring substituents is 1. The number of amides is 1. The molecule has 4 rings (SSSR count). The Morgan fingerprint density at radius 2 is 1.85 bits per heavy atom. The fourth-order valence-electron chi connectivity index (χ4n) is 3.00. The van der Waals surface area contributed by atoms with Crippen LogP contribution in [0.1, 0.15) is 16.7 Å². The molecule has 1 amide bonds. The van der Waals surface area contributed by atoms with E-state index in [0.717, 1.165) is 16.7 Å². The summed E-state index contributed by atoms with van der Waals surface area (Å²) in [6.07, 6.45) is 1.79. The summed E-state index contributed by atoms with van der Waals surface area (Å²) >= 11 is 7.41. The highest BCUT2D eigenvalue weighted by Crippen LogP contribution is 2.31. The predicted molar refractivity (Wildman–Crippen MR) is 131 cm³/mol. The maximum Gasteiger partial charge on any atom is 0.269 e. The van der Waals surface area contributed by atoms with Gasteiger partial charge in [-0.25, -0.2) is 4.99 Å². The van der Waals surface area contributed by atoms with Crippen LogP contribution in [0.3, 0.4) is 0 Å². The number of hydrogen-bond donors (Lipinski definition) is 1. The minimum absolute atomic E-state index is 0.0425. The second kappa shape index (κ2) is 9.89. The van der Waals surface area contributed by atoms with Crippen molar-refractivity contribution in [2.75, 3.05) is 0 Å². The number of nitro groups is 1. The molecule has 3 aromatic rings. The average molecular weight is 480 g/mol. The molecule has 1 aliphatic heterocycles. The lowest BCUT2D eigenvalue weighted by atomic mass is 10.2. The van der Waals surface area contributed by atoms with E-state index in [-0.39, 0.29) is 11.6 Å². The summed E-state index contributed by atoms with van der Waals surface area (Å²) in [7, 11) is 0. The van der Waals surface area contributed by atoms with Crippen LogP contribution in [0.25, 0.3) is 6.08 Å². The third-order valence-electron chi connectivity index (χ3n) is 4.84. The van der Waals surface area contributed by atoms with Gasteiger partial charge in [-0.3, -0.25) is 14.9 Å². The summed E-state index contributed by atoms with van der Waals surface area (Å²) in [4.78, 5) is 27.7. The molecule has 1 aliphatic rings. The Labute approximate surface area is 199 Å². The van der Waals surface area contributed by atoms with E-state index in [1.807, 2.05) is 31.2 Å². The van der Waals surface area contributed by atoms with Crippen molar-refractivity contribution in [3.8, 4) is 5.75 Å². The number of nitrogens with zero attached hydrogens (tertiary/aromatic N) is 2. The van der Waals surface area contributed by atoms with Gasteiger partial charge in [0.1, 0.15) is 12.4 Å². The lowest BCUT2D eigenvalue weighted by molar-refractivity contribution is -0.384. The third-order valence-corrected chi connectivity index (χ3v) is 6.16. The van der Waals surface area contributed by atoms with Gasteiger partial charge in [0.2, 0.25) is 0 Å². The molecule has 0 saturated carbocycles. The number of carbonyl (C=O) groups excluding carboxylic acids is 1. The molecule has 1 N–H and O–H groups in total. The van der Waals surface area contributed by atoms with E-state index >= 15 is 0 Å². The molecular weight excluding hydrogens is 462 g/mol. The lowest BCUT2D eigenvalue weighted by Gasteiger charge is -2.06. The lowest BCUT2D eigenvalue weighted by Crippen LogP contribution is -2.19. The number of nitrogens with one attached hydrogen (secondary N) is 1. The monoisotopic (exact) mass is 479 g/mol. The van der Waals surface area contributed by atoms with Crippen LogP contribution in [0.5, 0.6) is 5.75 Å². The number of aliphatic imine (C=N–C) groups is 1. The van der Waals surface area contributed by atoms with Gasteiger partial charge in [-0.05, 0) is 77.9 Å². The number of ether oxygens (including phenoxy) is 1. The van der Waals surface area contributed by atoms with Gasteiger partial charge in [-0.1, -0.05) is 29.8 Å². The maximum atomic E-state index is 12.3. The molecule has 1 heterocycles. The zero-order chi connectivity index (χ0) is 23.4. The zero-order valence-electron chi connectivity index (χ0n) is 17.4. The molecule has 0 radical (unpaired) electrons. The van der Waals surface area contributed by atoms with Crippen molar-refractivity contribution in [2.24, 2.45) is 4.99 Å². The molecule has 1 fully saturated rings. The molecule has 0 unspecified atom stereocenters. The van der Waals surface area contributed by atoms with E-state index in [9.17, 15) is 14.9 Å². The fraction of sp³-hybridized carbons (Fsp3) is 0.0833. The van der Waals surface area contributed by atoms with Crippen LogP contribution in [-0.2, 0) is 11.4 Å². The zero-order valence-corrected chi connectivity index (χ0v) is 19.0. The van der Waals surface area contributed by atoms with Crippen LogP contribution < -0.4 is 10.1 Å². The molecule has 0 spiro atoms. The third kappa shape index (κ3) is 5.60. The van der Waals surface area contributed by atoms with Crippen molar-refractivity contribution < 1.29 is 14.5 Å². The van der Waals surface area contributed by atoms with Crippen molar-refractivity contribution in [3.05, 3.63) is 103 Å². The van der Waals surface area contributed by atoms with Gasteiger partial charge >= 0.3 is 0 Å². The van der Waals surface area contributed by atoms with E-state index in [4.69, 9.17) is 16.3 Å². The number of thioether (sulfide) groups is 1. The largest absolute Gasteiger partial charge is 0.489 e. The van der Waals surface area contributed by atoms with Gasteiger partial charge in [0, 0.05) is 17.2 Å². The van der Waals surface area contributed by atoms with E-state index in [1.54, 1.807) is 36.4 Å². The second-order valence-corrected chi connectivity index (χ2v) is 8.58. The van der Waals surface area contributed by atoms with Gasteiger partial charge in [0.05, 0.1) is 15.5 Å². The number of halogens is 1. The summed E-state index contributed by atoms with van der Waals surface area (Å²) in [5.41, 5.74) is 3.27. The minimum Gasteiger partial charge on any atom is -0.489 e. The van der Waals surface area contributed by atoms with E-state index in [2.05, 4.69) is 10.3 Å². The summed E-state index contributed by atoms with van der Waals surface area (Å²) < 4.78 is 5.74. The predicted octanol–water partition coefficient (Wildman–Crippen LogP) is 6.03. The molecule has 3 aromatic carbocycles. The van der Waals surface area contributed by atoms with Crippen LogP contribution in [-0.4, -0.2) is 16.0 Å². The second-order valence-electron chi connectivity index (χ2n) is 7.15. The molecule has 0 aromatic heterocycles. The smallest absolute Gasteiger partial charge is 0.269 e. The fourth-order valence-corrected chi connectivity index (χ4v) is 4.00. The van der Waals surface area contributed by atoms with E-state index in [0.29, 0.717) is 33.1 Å². The molecule has 0 bridgehead atoms. The Morgan fingerprint density at radius 1 is 1.12 bits per heavy atom. The highest BCUT2D eigenvalue weighted by atomic mass is 35.5. The number of carbonyl (C=O) groups is 1. The normalized spacial score (nSPS) is 15.6. The van der Waals surface area contributed by atoms with Gasteiger partial charge in [-0.2, -0.15) is 0 Å². The van der Waals surface area contributed by atoms with Crippen LogP contribution in [0.2, 0.25) is 5.02 Å². The van der Waals surface area contributed by atoms with Crippen molar-refractivity contribution in [1.82, 2.24) is 5.32 Å². The van der Waals surface area contributed by atoms with E-state index < -0.39 is 4.92 Å². The van der Waals surface area contributed by atoms with Crippen LogP contribution in [0, 0.1) is 17.0 Å². The molecule has 1 saturated heterocycles. The highest BCUT2D eigenvalue weighted by Gasteiger charge is 2.24. The van der Waals surface area contributed by atoms with Crippen molar-refractivity contribution >= 4 is 51.9 Å². The Bertz CT molecular complexity index is 1270. The van der Waals surface area contributed by atoms with Gasteiger partial charge in [-0.15, -0.1) is 0 Å². The summed E-state index contributed by atoms with van der Waals surface area (Å²) in [6, 6.07) is 19.0. The molecule has 0 atom stereocenters. The van der Waals surface area contributed by atoms with Crippen LogP contribution in [0.15, 0.2) is 76.6 Å². The Kier molecular flexibility index (Phi) is 6.76. The van der Waals surface area contributed by atoms with Crippen molar-refractivity contribution in [1.29, 1.82) is 0 Å². The van der Waals surface area contributed by atoms with Crippen LogP contribution in [0.4, 0.5) is 11.4 Å². The number of rotatable bonds is 6. The van der Waals surface area contributed by atoms with Gasteiger partial charge in [0.15, 0.2) is 5.17 Å². The Morgan fingerprint density at radius 3 is 2.55 bits per heavy atom. The Hall–Kier alpha value is -3.62. The van der Waals surface area contributed by atoms with E-state index in [1.165, 1.54) is 23.9 Å². The molecule has 7 nitrogen and oxygen atoms in total. The first-order valence-corrected chi connectivity index (χ1v) is 11.1. The summed E-state index contributed by atoms with van der Waals surface area (Å²) in [6.45, 7) is 2.17. The van der Waals surface area contributed by atoms with Crippen molar-refractivity contribution in [3.63, 3.8) is 0 Å². The van der Waals surface area contributed by atoms with Gasteiger partial charge in [0.25, 0.3) is 11.6 Å². The average Bonchev–Trinajstić information content (AvgIpc) is 3.15. The molecule has 166 valence electrons. The standard InChI is InChI=1S/C24H18ClN3O4S/c1-15-20(25)3-2-4-21(15)26-24-27-23(29)22(33-24)13-16-7-11-19(12-8-16)32-14-17-5-9-18(10-6-17)28(30)31/h2-13H,14H2,1H3,(H,26,27,29)/b22-13-.